The smallest absolute Gasteiger partial charge is 0.325 e. The Kier molecular flexibility index (Phi) is 3.86. The number of ether oxygens (including phenoxy) is 2. The number of rotatable bonds is 3. The molecule has 3 heterocycles. The van der Waals surface area contributed by atoms with E-state index in [-0.39, 0.29) is 11.6 Å². The van der Waals surface area contributed by atoms with Crippen molar-refractivity contribution in [3.05, 3.63) is 56.4 Å². The Morgan fingerprint density at radius 1 is 1.08 bits per heavy atom. The van der Waals surface area contributed by atoms with E-state index in [1.807, 2.05) is 12.1 Å². The first-order valence-electron chi connectivity index (χ1n) is 8.15. The minimum atomic E-state index is -0.465. The zero-order valence-electron chi connectivity index (χ0n) is 13.2. The molecule has 0 aliphatic carbocycles. The molecule has 0 bridgehead atoms. The van der Waals surface area contributed by atoms with Gasteiger partial charge in [-0.3, -0.25) is 14.7 Å². The Morgan fingerprint density at radius 2 is 1.92 bits per heavy atom. The van der Waals surface area contributed by atoms with E-state index >= 15 is 0 Å². The summed E-state index contributed by atoms with van der Waals surface area (Å²) in [4.78, 5) is 30.1. The highest BCUT2D eigenvalue weighted by molar-refractivity contribution is 5.44. The number of benzene rings is 1. The number of hydrogen-bond acceptors (Lipinski definition) is 5. The summed E-state index contributed by atoms with van der Waals surface area (Å²) in [6.07, 6.45) is 2.11. The molecule has 2 aliphatic rings. The molecule has 4 rings (SSSR count). The van der Waals surface area contributed by atoms with Crippen LogP contribution >= 0.6 is 0 Å². The molecule has 2 N–H and O–H groups in total. The lowest BCUT2D eigenvalue weighted by Crippen LogP contribution is -2.28. The van der Waals surface area contributed by atoms with Gasteiger partial charge in [-0.15, -0.1) is 0 Å². The number of fused-ring (bicyclic) bond motifs is 1. The summed E-state index contributed by atoms with van der Waals surface area (Å²) in [5.74, 6) is 1.57. The summed E-state index contributed by atoms with van der Waals surface area (Å²) >= 11 is 0. The van der Waals surface area contributed by atoms with Gasteiger partial charge in [-0.2, -0.15) is 0 Å². The van der Waals surface area contributed by atoms with E-state index in [0.29, 0.717) is 25.5 Å². The molecule has 0 spiro atoms. The van der Waals surface area contributed by atoms with Gasteiger partial charge in [-0.25, -0.2) is 4.79 Å². The summed E-state index contributed by atoms with van der Waals surface area (Å²) < 4.78 is 11.2. The minimum Gasteiger partial charge on any atom is -0.486 e. The first kappa shape index (κ1) is 15.0. The molecule has 1 aromatic carbocycles. The second kappa shape index (κ2) is 6.16. The van der Waals surface area contributed by atoms with Crippen molar-refractivity contribution in [1.82, 2.24) is 14.9 Å². The Labute approximate surface area is 138 Å². The Balaban J connectivity index is 1.58. The lowest BCUT2D eigenvalue weighted by Gasteiger charge is -2.26. The van der Waals surface area contributed by atoms with Gasteiger partial charge in [0.25, 0.3) is 5.56 Å². The number of hydrogen-bond donors (Lipinski definition) is 2. The summed E-state index contributed by atoms with van der Waals surface area (Å²) in [6, 6.07) is 7.74. The van der Waals surface area contributed by atoms with Crippen LogP contribution in [0.3, 0.4) is 0 Å². The number of H-pyrrole nitrogens is 2. The quantitative estimate of drug-likeness (QED) is 0.883. The molecular formula is C17H19N3O4. The normalized spacial score (nSPS) is 20.2. The van der Waals surface area contributed by atoms with E-state index in [9.17, 15) is 9.59 Å². The molecule has 126 valence electrons. The molecule has 0 unspecified atom stereocenters. The van der Waals surface area contributed by atoms with Gasteiger partial charge in [0, 0.05) is 24.3 Å². The average Bonchev–Trinajstić information content (AvgIpc) is 3.01. The predicted octanol–water partition coefficient (Wildman–Crippen LogP) is 1.17. The fourth-order valence-corrected chi connectivity index (χ4v) is 3.48. The molecule has 1 atom stereocenters. The van der Waals surface area contributed by atoms with Crippen LogP contribution in [-0.4, -0.2) is 34.6 Å². The molecule has 1 saturated heterocycles. The predicted molar refractivity (Wildman–Crippen MR) is 87.5 cm³/mol. The molecule has 7 nitrogen and oxygen atoms in total. The molecule has 1 fully saturated rings. The van der Waals surface area contributed by atoms with Gasteiger partial charge in [0.1, 0.15) is 13.2 Å². The Morgan fingerprint density at radius 3 is 2.75 bits per heavy atom. The third-order valence-corrected chi connectivity index (χ3v) is 4.50. The summed E-state index contributed by atoms with van der Waals surface area (Å²) in [6.45, 7) is 2.61. The molecule has 2 aromatic rings. The molecule has 2 aliphatic heterocycles. The van der Waals surface area contributed by atoms with Crippen LogP contribution in [0.4, 0.5) is 0 Å². The Hall–Kier alpha value is -2.54. The lowest BCUT2D eigenvalue weighted by atomic mass is 10.0. The van der Waals surface area contributed by atoms with Crippen molar-refractivity contribution in [2.24, 2.45) is 0 Å². The number of nitrogens with zero attached hydrogens (tertiary/aromatic N) is 1. The van der Waals surface area contributed by atoms with Gasteiger partial charge in [0.05, 0.1) is 0 Å². The third-order valence-electron chi connectivity index (χ3n) is 4.50. The minimum absolute atomic E-state index is 0.239. The average molecular weight is 329 g/mol. The molecular weight excluding hydrogens is 310 g/mol. The highest BCUT2D eigenvalue weighted by Crippen LogP contribution is 2.38. The van der Waals surface area contributed by atoms with Crippen molar-refractivity contribution in [1.29, 1.82) is 0 Å². The van der Waals surface area contributed by atoms with Gasteiger partial charge < -0.3 is 14.5 Å². The second-order valence-electron chi connectivity index (χ2n) is 6.14. The zero-order chi connectivity index (χ0) is 16.5. The fraction of sp³-hybridized carbons (Fsp3) is 0.412. The maximum absolute atomic E-state index is 11.5. The van der Waals surface area contributed by atoms with Crippen molar-refractivity contribution in [2.45, 2.75) is 25.4 Å². The van der Waals surface area contributed by atoms with Gasteiger partial charge in [-0.05, 0) is 37.1 Å². The third kappa shape index (κ3) is 2.94. The molecule has 7 heteroatoms. The van der Waals surface area contributed by atoms with Crippen LogP contribution in [0, 0.1) is 0 Å². The van der Waals surface area contributed by atoms with E-state index < -0.39 is 5.69 Å². The zero-order valence-corrected chi connectivity index (χ0v) is 13.2. The summed E-state index contributed by atoms with van der Waals surface area (Å²) in [7, 11) is 0. The standard InChI is InChI=1S/C17H19N3O4/c21-16-9-12(18-17(22)19-16)10-20-5-1-2-13(20)11-3-4-14-15(8-11)24-7-6-23-14/h3-4,8-9,13H,1-2,5-7,10H2,(H2,18,19,21,22)/t13-/m1/s1. The van der Waals surface area contributed by atoms with Crippen LogP contribution in [0.2, 0.25) is 0 Å². The molecule has 0 radical (unpaired) electrons. The van der Waals surface area contributed by atoms with E-state index in [0.717, 1.165) is 30.9 Å². The SMILES string of the molecule is O=c1cc(CN2CCC[C@@H]2c2ccc3c(c2)OCCO3)[nH]c(=O)[nH]1. The van der Waals surface area contributed by atoms with E-state index in [4.69, 9.17) is 9.47 Å². The van der Waals surface area contributed by atoms with Gasteiger partial charge in [0.2, 0.25) is 0 Å². The topological polar surface area (TPSA) is 87.4 Å². The van der Waals surface area contributed by atoms with Gasteiger partial charge >= 0.3 is 5.69 Å². The highest BCUT2D eigenvalue weighted by Gasteiger charge is 2.27. The number of nitrogens with one attached hydrogen (secondary N) is 2. The van der Waals surface area contributed by atoms with Crippen molar-refractivity contribution < 1.29 is 9.47 Å². The number of likely N-dealkylation sites (tertiary alicyclic amines) is 1. The number of aromatic amines is 2. The second-order valence-corrected chi connectivity index (χ2v) is 6.14. The Bertz CT molecular complexity index is 829. The molecule has 24 heavy (non-hydrogen) atoms. The fourth-order valence-electron chi connectivity index (χ4n) is 3.48. The maximum atomic E-state index is 11.5. The highest BCUT2D eigenvalue weighted by atomic mass is 16.6. The van der Waals surface area contributed by atoms with Crippen molar-refractivity contribution >= 4 is 0 Å². The van der Waals surface area contributed by atoms with E-state index in [2.05, 4.69) is 20.9 Å². The van der Waals surface area contributed by atoms with Crippen LogP contribution in [-0.2, 0) is 6.54 Å². The monoisotopic (exact) mass is 329 g/mol. The summed E-state index contributed by atoms with van der Waals surface area (Å²) in [5.41, 5.74) is 0.966. The molecule has 0 saturated carbocycles. The van der Waals surface area contributed by atoms with Gasteiger partial charge in [-0.1, -0.05) is 6.07 Å². The van der Waals surface area contributed by atoms with Crippen molar-refractivity contribution in [3.63, 3.8) is 0 Å². The summed E-state index contributed by atoms with van der Waals surface area (Å²) in [5, 5.41) is 0. The van der Waals surface area contributed by atoms with Crippen LogP contribution in [0.25, 0.3) is 0 Å². The largest absolute Gasteiger partial charge is 0.486 e. The lowest BCUT2D eigenvalue weighted by molar-refractivity contribution is 0.170. The van der Waals surface area contributed by atoms with Gasteiger partial charge in [0.15, 0.2) is 11.5 Å². The van der Waals surface area contributed by atoms with Crippen LogP contribution in [0.5, 0.6) is 11.5 Å². The van der Waals surface area contributed by atoms with Crippen molar-refractivity contribution in [2.75, 3.05) is 19.8 Å². The van der Waals surface area contributed by atoms with Crippen molar-refractivity contribution in [3.8, 4) is 11.5 Å². The first-order valence-corrected chi connectivity index (χ1v) is 8.15. The maximum Gasteiger partial charge on any atom is 0.325 e. The molecule has 1 aromatic heterocycles. The number of aromatic nitrogens is 2. The van der Waals surface area contributed by atoms with E-state index in [1.54, 1.807) is 0 Å². The first-order chi connectivity index (χ1) is 11.7. The van der Waals surface area contributed by atoms with Crippen LogP contribution in [0.1, 0.15) is 30.1 Å². The van der Waals surface area contributed by atoms with E-state index in [1.165, 1.54) is 11.6 Å². The molecule has 0 amide bonds. The van der Waals surface area contributed by atoms with Crippen LogP contribution < -0.4 is 20.7 Å². The van der Waals surface area contributed by atoms with Crippen LogP contribution in [0.15, 0.2) is 33.9 Å².